The molecule has 0 radical (unpaired) electrons. The van der Waals surface area contributed by atoms with E-state index in [0.29, 0.717) is 0 Å². The molecule has 0 saturated carbocycles. The molecule has 2 aromatic heterocycles. The average Bonchev–Trinajstić information content (AvgIpc) is 2.90. The van der Waals surface area contributed by atoms with E-state index in [0.717, 1.165) is 0 Å². The summed E-state index contributed by atoms with van der Waals surface area (Å²) in [6.07, 6.45) is 2.13. The zero-order chi connectivity index (χ0) is 13.7. The second-order valence-corrected chi connectivity index (χ2v) is 3.65. The maximum Gasteiger partial charge on any atom is 0.258 e. The van der Waals surface area contributed by atoms with Crippen LogP contribution >= 0.6 is 0 Å². The van der Waals surface area contributed by atoms with Crippen LogP contribution in [0, 0.1) is 0 Å². The predicted molar refractivity (Wildman–Crippen MR) is 65.5 cm³/mol. The minimum Gasteiger partial charge on any atom is -0.389 e. The summed E-state index contributed by atoms with van der Waals surface area (Å²) < 4.78 is 6.16. The van der Waals surface area contributed by atoms with E-state index in [1.165, 1.54) is 24.4 Å². The highest BCUT2D eigenvalue weighted by atomic mass is 16.5. The van der Waals surface area contributed by atoms with Gasteiger partial charge in [0.25, 0.3) is 5.95 Å². The molecule has 0 fully saturated rings. The number of nitrogens with two attached hydrogens (primary N) is 1. The lowest BCUT2D eigenvalue weighted by molar-refractivity contribution is 0.0726. The Labute approximate surface area is 108 Å². The summed E-state index contributed by atoms with van der Waals surface area (Å²) in [6.45, 7) is 0.442. The molecule has 1 unspecified atom stereocenters. The van der Waals surface area contributed by atoms with Gasteiger partial charge < -0.3 is 20.9 Å². The number of methoxy groups -OCH3 is 1. The Kier molecular flexibility index (Phi) is 4.15. The molecule has 102 valence electrons. The van der Waals surface area contributed by atoms with Gasteiger partial charge in [-0.3, -0.25) is 0 Å². The number of anilines is 2. The third-order valence-electron chi connectivity index (χ3n) is 2.12. The fourth-order valence-electron chi connectivity index (χ4n) is 1.33. The van der Waals surface area contributed by atoms with Crippen molar-refractivity contribution >= 4 is 11.9 Å². The maximum atomic E-state index is 9.52. The minimum atomic E-state index is -0.669. The van der Waals surface area contributed by atoms with Crippen molar-refractivity contribution in [3.63, 3.8) is 0 Å². The lowest BCUT2D eigenvalue weighted by atomic mass is 10.4. The van der Waals surface area contributed by atoms with E-state index in [4.69, 9.17) is 10.5 Å². The molecule has 2 heterocycles. The Balaban J connectivity index is 2.09. The molecular weight excluding hydrogens is 252 g/mol. The summed E-state index contributed by atoms with van der Waals surface area (Å²) >= 11 is 0. The summed E-state index contributed by atoms with van der Waals surface area (Å²) in [6, 6.07) is 0. The lowest BCUT2D eigenvalue weighted by Crippen LogP contribution is -2.25. The van der Waals surface area contributed by atoms with Crippen LogP contribution in [0.2, 0.25) is 0 Å². The van der Waals surface area contributed by atoms with Gasteiger partial charge in [0.1, 0.15) is 12.7 Å². The highest BCUT2D eigenvalue weighted by Crippen LogP contribution is 2.05. The molecule has 10 nitrogen and oxygen atoms in total. The van der Waals surface area contributed by atoms with Crippen LogP contribution in [-0.4, -0.2) is 61.2 Å². The van der Waals surface area contributed by atoms with Crippen molar-refractivity contribution in [2.45, 2.75) is 6.10 Å². The topological polar surface area (TPSA) is 137 Å². The Bertz CT molecular complexity index is 517. The van der Waals surface area contributed by atoms with E-state index in [1.54, 1.807) is 0 Å². The summed E-state index contributed by atoms with van der Waals surface area (Å²) in [7, 11) is 1.51. The third kappa shape index (κ3) is 3.56. The van der Waals surface area contributed by atoms with Crippen molar-refractivity contribution in [3.05, 3.63) is 12.7 Å². The van der Waals surface area contributed by atoms with Gasteiger partial charge in [-0.25, -0.2) is 4.98 Å². The standard InChI is InChI=1S/C9H14N8O2/c1-19-3-6(18)2-12-8-14-7(10)15-9(16-8)17-5-11-4-13-17/h4-6,18H,2-3H2,1H3,(H3,10,12,14,15,16). The predicted octanol–water partition coefficient (Wildman–Crippen LogP) is -1.55. The lowest BCUT2D eigenvalue weighted by Gasteiger charge is -2.11. The van der Waals surface area contributed by atoms with E-state index < -0.39 is 6.10 Å². The van der Waals surface area contributed by atoms with Crippen molar-refractivity contribution < 1.29 is 9.84 Å². The van der Waals surface area contributed by atoms with Crippen LogP contribution < -0.4 is 11.1 Å². The first-order chi connectivity index (χ1) is 9.19. The van der Waals surface area contributed by atoms with Gasteiger partial charge in [0.2, 0.25) is 11.9 Å². The van der Waals surface area contributed by atoms with Crippen LogP contribution in [0.1, 0.15) is 0 Å². The molecule has 0 aliphatic heterocycles. The zero-order valence-electron chi connectivity index (χ0n) is 10.3. The van der Waals surface area contributed by atoms with E-state index >= 15 is 0 Å². The molecule has 4 N–H and O–H groups in total. The van der Waals surface area contributed by atoms with Gasteiger partial charge in [-0.15, -0.1) is 0 Å². The first-order valence-electron chi connectivity index (χ1n) is 5.46. The van der Waals surface area contributed by atoms with Gasteiger partial charge in [-0.1, -0.05) is 0 Å². The highest BCUT2D eigenvalue weighted by molar-refractivity contribution is 5.34. The number of aromatic nitrogens is 6. The fraction of sp³-hybridized carbons (Fsp3) is 0.444. The number of aliphatic hydroxyl groups is 1. The minimum absolute atomic E-state index is 0.0456. The molecule has 2 rings (SSSR count). The second kappa shape index (κ2) is 6.02. The van der Waals surface area contributed by atoms with Crippen LogP contribution in [0.5, 0.6) is 0 Å². The van der Waals surface area contributed by atoms with Crippen LogP contribution in [0.15, 0.2) is 12.7 Å². The zero-order valence-corrected chi connectivity index (χ0v) is 10.3. The van der Waals surface area contributed by atoms with E-state index in [2.05, 4.69) is 30.4 Å². The van der Waals surface area contributed by atoms with Crippen LogP contribution in [0.25, 0.3) is 5.95 Å². The molecule has 0 amide bonds. The molecule has 0 spiro atoms. The first-order valence-corrected chi connectivity index (χ1v) is 5.46. The van der Waals surface area contributed by atoms with E-state index in [-0.39, 0.29) is 31.0 Å². The fourth-order valence-corrected chi connectivity index (χ4v) is 1.33. The van der Waals surface area contributed by atoms with Crippen molar-refractivity contribution in [2.75, 3.05) is 31.3 Å². The average molecular weight is 266 g/mol. The van der Waals surface area contributed by atoms with E-state index in [1.807, 2.05) is 0 Å². The first kappa shape index (κ1) is 13.1. The molecule has 19 heavy (non-hydrogen) atoms. The number of nitrogen functional groups attached to an aromatic ring is 1. The van der Waals surface area contributed by atoms with Crippen LogP contribution in [0.4, 0.5) is 11.9 Å². The third-order valence-corrected chi connectivity index (χ3v) is 2.12. The summed E-state index contributed by atoms with van der Waals surface area (Å²) in [5, 5.41) is 16.2. The molecule has 0 aromatic carbocycles. The smallest absolute Gasteiger partial charge is 0.258 e. The normalized spacial score (nSPS) is 12.3. The molecular formula is C9H14N8O2. The molecule has 0 aliphatic rings. The SMILES string of the molecule is COCC(O)CNc1nc(N)nc(-n2cncn2)n1. The molecule has 10 heteroatoms. The van der Waals surface area contributed by atoms with Crippen LogP contribution in [-0.2, 0) is 4.74 Å². The number of aliphatic hydroxyl groups excluding tert-OH is 1. The molecule has 0 aliphatic carbocycles. The number of hydrogen-bond donors (Lipinski definition) is 3. The van der Waals surface area contributed by atoms with Crippen molar-refractivity contribution in [3.8, 4) is 5.95 Å². The number of nitrogens with zero attached hydrogens (tertiary/aromatic N) is 6. The van der Waals surface area contributed by atoms with Crippen molar-refractivity contribution in [1.29, 1.82) is 0 Å². The van der Waals surface area contributed by atoms with Gasteiger partial charge in [0.05, 0.1) is 12.7 Å². The Morgan fingerprint density at radius 2 is 2.32 bits per heavy atom. The number of nitrogens with one attached hydrogen (secondary N) is 1. The molecule has 0 saturated heterocycles. The summed E-state index contributed by atoms with van der Waals surface area (Å²) in [5.41, 5.74) is 5.58. The Hall–Kier alpha value is -2.33. The summed E-state index contributed by atoms with van der Waals surface area (Å²) in [4.78, 5) is 15.7. The Morgan fingerprint density at radius 1 is 1.47 bits per heavy atom. The van der Waals surface area contributed by atoms with Crippen LogP contribution in [0.3, 0.4) is 0 Å². The van der Waals surface area contributed by atoms with E-state index in [9.17, 15) is 5.11 Å². The number of ether oxygens (including phenoxy) is 1. The molecule has 1 atom stereocenters. The maximum absolute atomic E-state index is 9.52. The quantitative estimate of drug-likeness (QED) is 0.567. The van der Waals surface area contributed by atoms with Gasteiger partial charge in [-0.2, -0.15) is 24.7 Å². The highest BCUT2D eigenvalue weighted by Gasteiger charge is 2.09. The van der Waals surface area contributed by atoms with Gasteiger partial charge in [0, 0.05) is 13.7 Å². The number of rotatable bonds is 6. The van der Waals surface area contributed by atoms with Gasteiger partial charge in [-0.05, 0) is 0 Å². The monoisotopic (exact) mass is 266 g/mol. The van der Waals surface area contributed by atoms with Gasteiger partial charge >= 0.3 is 0 Å². The largest absolute Gasteiger partial charge is 0.389 e. The summed E-state index contributed by atoms with van der Waals surface area (Å²) in [5.74, 6) is 0.533. The Morgan fingerprint density at radius 3 is 3.00 bits per heavy atom. The van der Waals surface area contributed by atoms with Gasteiger partial charge in [0.15, 0.2) is 0 Å². The second-order valence-electron chi connectivity index (χ2n) is 3.65. The number of hydrogen-bond acceptors (Lipinski definition) is 9. The van der Waals surface area contributed by atoms with Crippen molar-refractivity contribution in [2.24, 2.45) is 0 Å². The molecule has 0 bridgehead atoms. The molecule has 2 aromatic rings. The van der Waals surface area contributed by atoms with Crippen molar-refractivity contribution in [1.82, 2.24) is 29.7 Å².